The smallest absolute Gasteiger partial charge is 0.413 e. The number of fused-ring (bicyclic) bond motifs is 1. The van der Waals surface area contributed by atoms with E-state index >= 15 is 0 Å². The first-order valence-corrected chi connectivity index (χ1v) is 9.79. The van der Waals surface area contributed by atoms with E-state index in [0.29, 0.717) is 5.75 Å². The number of nitrogens with zero attached hydrogens (tertiary/aromatic N) is 2. The number of non-ortho nitro benzene ring substituents is 1. The van der Waals surface area contributed by atoms with Gasteiger partial charge in [-0.3, -0.25) is 15.4 Å². The molecule has 1 aromatic rings. The summed E-state index contributed by atoms with van der Waals surface area (Å²) in [5, 5.41) is 14.0. The maximum Gasteiger partial charge on any atom is 0.413 e. The van der Waals surface area contributed by atoms with Crippen LogP contribution in [0.4, 0.5) is 14.9 Å². The molecule has 10 heteroatoms. The molecule has 1 amide bonds. The van der Waals surface area contributed by atoms with Gasteiger partial charge in [-0.25, -0.2) is 14.2 Å². The molecule has 2 heterocycles. The minimum atomic E-state index is -1.15. The zero-order chi connectivity index (χ0) is 20.7. The number of alkyl carbamates (subject to hydrolysis) is 1. The topological polar surface area (TPSA) is 103 Å². The molecule has 3 atom stereocenters. The van der Waals surface area contributed by atoms with Crippen LogP contribution in [0.3, 0.4) is 0 Å². The first-order chi connectivity index (χ1) is 13.0. The predicted molar refractivity (Wildman–Crippen MR) is 103 cm³/mol. The minimum absolute atomic E-state index is 0.0664. The predicted octanol–water partition coefficient (Wildman–Crippen LogP) is 3.59. The molecule has 152 valence electrons. The Kier molecular flexibility index (Phi) is 5.37. The minimum Gasteiger partial charge on any atom is -0.444 e. The summed E-state index contributed by atoms with van der Waals surface area (Å²) in [6.45, 7) is 7.15. The number of amides is 1. The lowest BCUT2D eigenvalue weighted by Crippen LogP contribution is -2.44. The van der Waals surface area contributed by atoms with Gasteiger partial charge in [0.15, 0.2) is 5.17 Å². The molecule has 2 aliphatic heterocycles. The van der Waals surface area contributed by atoms with Gasteiger partial charge in [-0.1, -0.05) is 11.8 Å². The molecule has 8 nitrogen and oxygen atoms in total. The summed E-state index contributed by atoms with van der Waals surface area (Å²) in [5.41, 5.74) is -1.95. The van der Waals surface area contributed by atoms with E-state index in [1.54, 1.807) is 20.8 Å². The van der Waals surface area contributed by atoms with E-state index in [4.69, 9.17) is 9.47 Å². The fraction of sp³-hybridized carbons (Fsp3) is 0.556. The molecule has 1 fully saturated rings. The molecule has 0 spiro atoms. The second kappa shape index (κ2) is 7.32. The Morgan fingerprint density at radius 2 is 2.21 bits per heavy atom. The van der Waals surface area contributed by atoms with Gasteiger partial charge in [0, 0.05) is 29.4 Å². The summed E-state index contributed by atoms with van der Waals surface area (Å²) in [6, 6.07) is 3.39. The molecule has 1 saturated heterocycles. The number of halogens is 1. The van der Waals surface area contributed by atoms with Gasteiger partial charge < -0.3 is 9.47 Å². The van der Waals surface area contributed by atoms with Crippen molar-refractivity contribution in [2.75, 3.05) is 12.4 Å². The zero-order valence-electron chi connectivity index (χ0n) is 16.0. The highest BCUT2D eigenvalue weighted by molar-refractivity contribution is 8.13. The highest BCUT2D eigenvalue weighted by atomic mass is 32.2. The lowest BCUT2D eigenvalue weighted by molar-refractivity contribution is -0.385. The molecule has 0 saturated carbocycles. The van der Waals surface area contributed by atoms with Gasteiger partial charge in [0.2, 0.25) is 0 Å². The van der Waals surface area contributed by atoms with Crippen molar-refractivity contribution in [3.05, 3.63) is 39.7 Å². The standard InChI is InChI=1S/C18H22FN3O5S/c1-10-13-8-28-15(20-16(23)27-17(2,3)4)21-18(13,9-26-10)12-7-11(22(24)25)5-6-14(12)19/h5-7,10,13H,8-9H2,1-4H3,(H,20,21,23)/t10?,13-,18-/m1/s1. The second-order valence-electron chi connectivity index (χ2n) is 7.82. The number of ether oxygens (including phenoxy) is 2. The van der Waals surface area contributed by atoms with Crippen molar-refractivity contribution in [1.82, 2.24) is 5.32 Å². The average molecular weight is 411 g/mol. The highest BCUT2D eigenvalue weighted by Gasteiger charge is 2.53. The van der Waals surface area contributed by atoms with Gasteiger partial charge in [0.05, 0.1) is 17.6 Å². The molecule has 1 aromatic carbocycles. The third kappa shape index (κ3) is 3.97. The number of nitro benzene ring substituents is 1. The van der Waals surface area contributed by atoms with Crippen molar-refractivity contribution < 1.29 is 23.6 Å². The Hall–Kier alpha value is -2.20. The molecule has 0 radical (unpaired) electrons. The van der Waals surface area contributed by atoms with E-state index in [1.165, 1.54) is 17.8 Å². The SMILES string of the molecule is CC1OC[C@]2(c3cc([N+](=O)[O-])ccc3F)N=C(NC(=O)OC(C)(C)C)SC[C@H]12. The zero-order valence-corrected chi connectivity index (χ0v) is 16.8. The third-order valence-electron chi connectivity index (χ3n) is 4.68. The van der Waals surface area contributed by atoms with Crippen molar-refractivity contribution in [1.29, 1.82) is 0 Å². The van der Waals surface area contributed by atoms with Crippen LogP contribution in [-0.4, -0.2) is 40.2 Å². The van der Waals surface area contributed by atoms with E-state index in [0.717, 1.165) is 12.1 Å². The molecule has 0 aliphatic carbocycles. The fourth-order valence-corrected chi connectivity index (χ4v) is 4.66. The number of amidine groups is 1. The molecular formula is C18H22FN3O5S. The summed E-state index contributed by atoms with van der Waals surface area (Å²) in [6.07, 6.45) is -0.878. The third-order valence-corrected chi connectivity index (χ3v) is 5.67. The van der Waals surface area contributed by atoms with Crippen LogP contribution in [0.2, 0.25) is 0 Å². The van der Waals surface area contributed by atoms with Crippen LogP contribution in [0.25, 0.3) is 0 Å². The number of carbonyl (C=O) groups is 1. The largest absolute Gasteiger partial charge is 0.444 e. The molecule has 0 aromatic heterocycles. The molecule has 28 heavy (non-hydrogen) atoms. The lowest BCUT2D eigenvalue weighted by atomic mass is 9.79. The Labute approximate surface area is 166 Å². The van der Waals surface area contributed by atoms with Crippen LogP contribution in [0.1, 0.15) is 33.3 Å². The Morgan fingerprint density at radius 3 is 2.86 bits per heavy atom. The van der Waals surface area contributed by atoms with Gasteiger partial charge in [-0.2, -0.15) is 0 Å². The van der Waals surface area contributed by atoms with Crippen LogP contribution in [0.15, 0.2) is 23.2 Å². The average Bonchev–Trinajstić information content (AvgIpc) is 2.90. The number of benzene rings is 1. The van der Waals surface area contributed by atoms with E-state index in [2.05, 4.69) is 10.3 Å². The number of nitrogens with one attached hydrogen (secondary N) is 1. The summed E-state index contributed by atoms with van der Waals surface area (Å²) >= 11 is 1.31. The number of rotatable bonds is 2. The first kappa shape index (κ1) is 20.5. The summed E-state index contributed by atoms with van der Waals surface area (Å²) in [4.78, 5) is 27.3. The van der Waals surface area contributed by atoms with Gasteiger partial charge in [-0.15, -0.1) is 0 Å². The molecule has 3 rings (SSSR count). The van der Waals surface area contributed by atoms with Crippen molar-refractivity contribution >= 4 is 28.7 Å². The van der Waals surface area contributed by atoms with E-state index < -0.39 is 28.0 Å². The highest BCUT2D eigenvalue weighted by Crippen LogP contribution is 2.48. The normalized spacial score (nSPS) is 27.0. The lowest BCUT2D eigenvalue weighted by Gasteiger charge is -2.36. The molecule has 2 aliphatic rings. The summed E-state index contributed by atoms with van der Waals surface area (Å²) < 4.78 is 25.7. The number of nitro groups is 1. The maximum absolute atomic E-state index is 14.7. The number of carbonyl (C=O) groups excluding carboxylic acids is 1. The van der Waals surface area contributed by atoms with Gasteiger partial charge >= 0.3 is 6.09 Å². The Morgan fingerprint density at radius 1 is 1.50 bits per heavy atom. The molecule has 0 bridgehead atoms. The number of hydrogen-bond donors (Lipinski definition) is 1. The van der Waals surface area contributed by atoms with Crippen LogP contribution >= 0.6 is 11.8 Å². The van der Waals surface area contributed by atoms with Crippen LogP contribution in [-0.2, 0) is 15.0 Å². The second-order valence-corrected chi connectivity index (χ2v) is 8.83. The monoisotopic (exact) mass is 411 g/mol. The van der Waals surface area contributed by atoms with E-state index in [-0.39, 0.29) is 35.0 Å². The molecular weight excluding hydrogens is 389 g/mol. The van der Waals surface area contributed by atoms with Crippen LogP contribution < -0.4 is 5.32 Å². The van der Waals surface area contributed by atoms with Crippen molar-refractivity contribution in [2.45, 2.75) is 44.9 Å². The fourth-order valence-electron chi connectivity index (χ4n) is 3.39. The van der Waals surface area contributed by atoms with Gasteiger partial charge in [-0.05, 0) is 33.8 Å². The van der Waals surface area contributed by atoms with Crippen molar-refractivity contribution in [2.24, 2.45) is 10.9 Å². The summed E-state index contributed by atoms with van der Waals surface area (Å²) in [5.74, 6) is -0.281. The Bertz CT molecular complexity index is 841. The van der Waals surface area contributed by atoms with Crippen molar-refractivity contribution in [3.8, 4) is 0 Å². The van der Waals surface area contributed by atoms with Crippen LogP contribution in [0.5, 0.6) is 0 Å². The Balaban J connectivity index is 2.01. The van der Waals surface area contributed by atoms with Gasteiger partial charge in [0.25, 0.3) is 5.69 Å². The number of thioether (sulfide) groups is 1. The first-order valence-electron chi connectivity index (χ1n) is 8.80. The number of aliphatic imine (C=N–C) groups is 1. The van der Waals surface area contributed by atoms with Crippen molar-refractivity contribution in [3.63, 3.8) is 0 Å². The number of hydrogen-bond acceptors (Lipinski definition) is 7. The quantitative estimate of drug-likeness (QED) is 0.589. The summed E-state index contributed by atoms with van der Waals surface area (Å²) in [7, 11) is 0. The molecule has 1 N–H and O–H groups in total. The molecule has 1 unspecified atom stereocenters. The maximum atomic E-state index is 14.7. The van der Waals surface area contributed by atoms with E-state index in [9.17, 15) is 19.3 Å². The van der Waals surface area contributed by atoms with Crippen LogP contribution in [0, 0.1) is 21.8 Å². The van der Waals surface area contributed by atoms with E-state index in [1.807, 2.05) is 6.92 Å². The van der Waals surface area contributed by atoms with Gasteiger partial charge in [0.1, 0.15) is 17.0 Å².